The molecule has 3 heteroatoms. The van der Waals surface area contributed by atoms with Gasteiger partial charge in [-0.25, -0.2) is 4.98 Å². The van der Waals surface area contributed by atoms with Crippen molar-refractivity contribution in [3.05, 3.63) is 29.0 Å². The van der Waals surface area contributed by atoms with Crippen molar-refractivity contribution in [2.75, 3.05) is 0 Å². The van der Waals surface area contributed by atoms with Gasteiger partial charge in [0.15, 0.2) is 0 Å². The predicted molar refractivity (Wildman–Crippen MR) is 66.8 cm³/mol. The van der Waals surface area contributed by atoms with E-state index in [-0.39, 0.29) is 5.92 Å². The summed E-state index contributed by atoms with van der Waals surface area (Å²) in [5.41, 5.74) is 0.968. The largest absolute Gasteiger partial charge is 0.303 e. The predicted octanol–water partition coefficient (Wildman–Crippen LogP) is 3.99. The van der Waals surface area contributed by atoms with Crippen LogP contribution in [-0.2, 0) is 4.79 Å². The summed E-state index contributed by atoms with van der Waals surface area (Å²) in [5, 5.41) is 0.472. The second-order valence-electron chi connectivity index (χ2n) is 4.01. The molecular weight excluding hydrogens is 222 g/mol. The van der Waals surface area contributed by atoms with E-state index in [0.717, 1.165) is 24.7 Å². The number of pyridine rings is 1. The molecule has 0 aromatic carbocycles. The van der Waals surface area contributed by atoms with Crippen LogP contribution in [0.2, 0.25) is 5.15 Å². The maximum absolute atomic E-state index is 11.0. The van der Waals surface area contributed by atoms with Gasteiger partial charge in [-0.15, -0.1) is 0 Å². The van der Waals surface area contributed by atoms with Crippen LogP contribution >= 0.6 is 11.6 Å². The van der Waals surface area contributed by atoms with Gasteiger partial charge in [0.1, 0.15) is 11.4 Å². The Morgan fingerprint density at radius 1 is 1.38 bits per heavy atom. The number of aldehydes is 1. The summed E-state index contributed by atoms with van der Waals surface area (Å²) >= 11 is 5.71. The zero-order chi connectivity index (χ0) is 11.8. The summed E-state index contributed by atoms with van der Waals surface area (Å²) in [5.74, 6) is -0.0263. The molecule has 0 amide bonds. The Labute approximate surface area is 102 Å². The lowest BCUT2D eigenvalue weighted by atomic mass is 9.96. The Morgan fingerprint density at radius 2 is 2.19 bits per heavy atom. The Kier molecular flexibility index (Phi) is 6.09. The molecule has 0 fully saturated rings. The van der Waals surface area contributed by atoms with Crippen LogP contribution in [0.4, 0.5) is 0 Å². The number of carbonyl (C=O) groups is 1. The van der Waals surface area contributed by atoms with Crippen molar-refractivity contribution in [2.45, 2.75) is 44.9 Å². The monoisotopic (exact) mass is 239 g/mol. The molecule has 0 radical (unpaired) electrons. The molecule has 0 N–H and O–H groups in total. The van der Waals surface area contributed by atoms with Gasteiger partial charge in [0.2, 0.25) is 0 Å². The molecule has 1 aromatic rings. The minimum Gasteiger partial charge on any atom is -0.303 e. The quantitative estimate of drug-likeness (QED) is 0.409. The van der Waals surface area contributed by atoms with Crippen molar-refractivity contribution in [3.8, 4) is 0 Å². The molecule has 0 bridgehead atoms. The highest BCUT2D eigenvalue weighted by Crippen LogP contribution is 2.21. The molecule has 88 valence electrons. The number of carbonyl (C=O) groups excluding carboxylic acids is 1. The zero-order valence-electron chi connectivity index (χ0n) is 9.66. The van der Waals surface area contributed by atoms with Gasteiger partial charge in [-0.3, -0.25) is 0 Å². The van der Waals surface area contributed by atoms with E-state index in [2.05, 4.69) is 11.9 Å². The van der Waals surface area contributed by atoms with E-state index < -0.39 is 0 Å². The van der Waals surface area contributed by atoms with E-state index in [1.165, 1.54) is 19.3 Å². The molecule has 16 heavy (non-hydrogen) atoms. The number of unbranched alkanes of at least 4 members (excludes halogenated alkanes) is 3. The molecular formula is C13H18ClNO. The standard InChI is InChI=1S/C13H18ClNO/c1-2-3-4-5-6-12(10-16)11-7-8-13(14)15-9-11/h7-10,12H,2-6H2,1H3/t12-/m0/s1. The van der Waals surface area contributed by atoms with Gasteiger partial charge in [-0.2, -0.15) is 0 Å². The molecule has 0 saturated carbocycles. The summed E-state index contributed by atoms with van der Waals surface area (Å²) in [4.78, 5) is 15.0. The van der Waals surface area contributed by atoms with Crippen LogP contribution in [-0.4, -0.2) is 11.3 Å². The SMILES string of the molecule is CCCCCC[C@@H](C=O)c1ccc(Cl)nc1. The van der Waals surface area contributed by atoms with E-state index in [9.17, 15) is 4.79 Å². The third-order valence-electron chi connectivity index (χ3n) is 2.71. The van der Waals surface area contributed by atoms with Crippen LogP contribution in [0.25, 0.3) is 0 Å². The van der Waals surface area contributed by atoms with Gasteiger partial charge in [0.05, 0.1) is 0 Å². The lowest BCUT2D eigenvalue weighted by Gasteiger charge is -2.09. The topological polar surface area (TPSA) is 30.0 Å². The van der Waals surface area contributed by atoms with Crippen LogP contribution in [0.5, 0.6) is 0 Å². The number of hydrogen-bond acceptors (Lipinski definition) is 2. The van der Waals surface area contributed by atoms with Crippen molar-refractivity contribution >= 4 is 17.9 Å². The summed E-state index contributed by atoms with van der Waals surface area (Å²) < 4.78 is 0. The van der Waals surface area contributed by atoms with E-state index >= 15 is 0 Å². The summed E-state index contributed by atoms with van der Waals surface area (Å²) in [6, 6.07) is 3.62. The van der Waals surface area contributed by atoms with Crippen molar-refractivity contribution in [3.63, 3.8) is 0 Å². The lowest BCUT2D eigenvalue weighted by Crippen LogP contribution is -2.01. The second-order valence-corrected chi connectivity index (χ2v) is 4.39. The highest BCUT2D eigenvalue weighted by molar-refractivity contribution is 6.29. The molecule has 0 spiro atoms. The number of halogens is 1. The first-order chi connectivity index (χ1) is 7.77. The summed E-state index contributed by atoms with van der Waals surface area (Å²) in [6.45, 7) is 2.18. The van der Waals surface area contributed by atoms with Crippen molar-refractivity contribution in [2.24, 2.45) is 0 Å². The average molecular weight is 240 g/mol. The maximum atomic E-state index is 11.0. The van der Waals surface area contributed by atoms with Gasteiger partial charge in [0, 0.05) is 12.1 Å². The van der Waals surface area contributed by atoms with Gasteiger partial charge in [-0.05, 0) is 18.1 Å². The molecule has 0 aliphatic carbocycles. The third-order valence-corrected chi connectivity index (χ3v) is 2.93. The lowest BCUT2D eigenvalue weighted by molar-refractivity contribution is -0.109. The fraction of sp³-hybridized carbons (Fsp3) is 0.538. The maximum Gasteiger partial charge on any atom is 0.129 e. The molecule has 1 atom stereocenters. The summed E-state index contributed by atoms with van der Waals surface area (Å²) in [7, 11) is 0. The van der Waals surface area contributed by atoms with Gasteiger partial charge < -0.3 is 4.79 Å². The Bertz CT molecular complexity index is 310. The van der Waals surface area contributed by atoms with Crippen LogP contribution in [0.1, 0.15) is 50.5 Å². The number of nitrogens with zero attached hydrogens (tertiary/aromatic N) is 1. The van der Waals surface area contributed by atoms with Crippen LogP contribution in [0.3, 0.4) is 0 Å². The minimum atomic E-state index is -0.0263. The third kappa shape index (κ3) is 4.31. The molecule has 2 nitrogen and oxygen atoms in total. The van der Waals surface area contributed by atoms with E-state index in [0.29, 0.717) is 5.15 Å². The summed E-state index contributed by atoms with van der Waals surface area (Å²) in [6.07, 6.45) is 8.37. The van der Waals surface area contributed by atoms with Crippen molar-refractivity contribution in [1.82, 2.24) is 4.98 Å². The van der Waals surface area contributed by atoms with Gasteiger partial charge in [0.25, 0.3) is 0 Å². The smallest absolute Gasteiger partial charge is 0.129 e. The fourth-order valence-electron chi connectivity index (χ4n) is 1.71. The van der Waals surface area contributed by atoms with Crippen LogP contribution in [0.15, 0.2) is 18.3 Å². The molecule has 1 rings (SSSR count). The first kappa shape index (κ1) is 13.2. The molecule has 0 aliphatic heterocycles. The number of aromatic nitrogens is 1. The normalized spacial score (nSPS) is 12.4. The highest BCUT2D eigenvalue weighted by Gasteiger charge is 2.10. The van der Waals surface area contributed by atoms with E-state index in [4.69, 9.17) is 11.6 Å². The van der Waals surface area contributed by atoms with Gasteiger partial charge in [-0.1, -0.05) is 50.3 Å². The first-order valence-electron chi connectivity index (χ1n) is 5.84. The molecule has 1 aromatic heterocycles. The average Bonchev–Trinajstić information content (AvgIpc) is 2.31. The van der Waals surface area contributed by atoms with Crippen LogP contribution in [0, 0.1) is 0 Å². The minimum absolute atomic E-state index is 0.0263. The first-order valence-corrected chi connectivity index (χ1v) is 6.22. The molecule has 0 unspecified atom stereocenters. The number of rotatable bonds is 7. The molecule has 1 heterocycles. The Balaban J connectivity index is 2.47. The zero-order valence-corrected chi connectivity index (χ0v) is 10.4. The van der Waals surface area contributed by atoms with Crippen molar-refractivity contribution < 1.29 is 4.79 Å². The highest BCUT2D eigenvalue weighted by atomic mass is 35.5. The second kappa shape index (κ2) is 7.39. The molecule has 0 saturated heterocycles. The Hall–Kier alpha value is -0.890. The van der Waals surface area contributed by atoms with Crippen LogP contribution < -0.4 is 0 Å². The van der Waals surface area contributed by atoms with E-state index in [1.807, 2.05) is 6.07 Å². The Morgan fingerprint density at radius 3 is 2.75 bits per heavy atom. The van der Waals surface area contributed by atoms with Crippen molar-refractivity contribution in [1.29, 1.82) is 0 Å². The van der Waals surface area contributed by atoms with E-state index in [1.54, 1.807) is 12.3 Å². The fourth-order valence-corrected chi connectivity index (χ4v) is 1.82. The van der Waals surface area contributed by atoms with Gasteiger partial charge >= 0.3 is 0 Å². The molecule has 0 aliphatic rings. The number of hydrogen-bond donors (Lipinski definition) is 0.